The van der Waals surface area contributed by atoms with Crippen molar-refractivity contribution >= 4 is 0 Å². The Labute approximate surface area is 96.4 Å². The molecule has 17 heavy (non-hydrogen) atoms. The van der Waals surface area contributed by atoms with Gasteiger partial charge in [0.05, 0.1) is 7.11 Å². The number of rotatable bonds is 4. The Morgan fingerprint density at radius 2 is 2.00 bits per heavy atom. The molecule has 0 aliphatic rings. The van der Waals surface area contributed by atoms with E-state index in [4.69, 9.17) is 10.5 Å². The topological polar surface area (TPSA) is 35.2 Å². The van der Waals surface area contributed by atoms with Gasteiger partial charge in [0.1, 0.15) is 6.04 Å². The maximum absolute atomic E-state index is 13.2. The summed E-state index contributed by atoms with van der Waals surface area (Å²) in [5.74, 6) is -0.618. The van der Waals surface area contributed by atoms with E-state index in [1.54, 1.807) is 0 Å². The summed E-state index contributed by atoms with van der Waals surface area (Å²) in [6.45, 7) is 0. The highest BCUT2D eigenvalue weighted by Crippen LogP contribution is 2.26. The lowest BCUT2D eigenvalue weighted by molar-refractivity contribution is -0.148. The van der Waals surface area contributed by atoms with Gasteiger partial charge in [-0.2, -0.15) is 13.2 Å². The van der Waals surface area contributed by atoms with Crippen LogP contribution in [0.4, 0.5) is 17.6 Å². The molecule has 1 aromatic rings. The fraction of sp³-hybridized carbons (Fsp3) is 0.455. The third kappa shape index (κ3) is 3.59. The third-order valence-electron chi connectivity index (χ3n) is 2.40. The van der Waals surface area contributed by atoms with E-state index in [2.05, 4.69) is 0 Å². The standard InChI is InChI=1S/C11H13F4NO/c1-17-10-7(3-2-4-8(10)12)5-6-9(16)11(13,14)15/h2-4,9H,5-6,16H2,1H3. The molecule has 6 heteroatoms. The van der Waals surface area contributed by atoms with E-state index < -0.39 is 18.0 Å². The number of benzene rings is 1. The SMILES string of the molecule is COc1c(F)cccc1CCC(N)C(F)(F)F. The number of halogens is 4. The van der Waals surface area contributed by atoms with Crippen molar-refractivity contribution in [1.29, 1.82) is 0 Å². The van der Waals surface area contributed by atoms with Gasteiger partial charge < -0.3 is 10.5 Å². The van der Waals surface area contributed by atoms with Crippen LogP contribution in [0.5, 0.6) is 5.75 Å². The summed E-state index contributed by atoms with van der Waals surface area (Å²) in [4.78, 5) is 0. The normalized spacial score (nSPS) is 13.5. The van der Waals surface area contributed by atoms with Crippen molar-refractivity contribution in [3.8, 4) is 5.75 Å². The molecule has 0 spiro atoms. The summed E-state index contributed by atoms with van der Waals surface area (Å²) in [5, 5.41) is 0. The second-order valence-electron chi connectivity index (χ2n) is 3.62. The molecule has 2 nitrogen and oxygen atoms in total. The van der Waals surface area contributed by atoms with Gasteiger partial charge in [0.15, 0.2) is 11.6 Å². The average molecular weight is 251 g/mol. The minimum Gasteiger partial charge on any atom is -0.493 e. The first-order valence-electron chi connectivity index (χ1n) is 5.00. The molecule has 0 saturated carbocycles. The minimum atomic E-state index is -4.43. The summed E-state index contributed by atoms with van der Waals surface area (Å²) in [7, 11) is 1.27. The number of hydrogen-bond acceptors (Lipinski definition) is 2. The Hall–Kier alpha value is -1.30. The number of aryl methyl sites for hydroxylation is 1. The first-order valence-corrected chi connectivity index (χ1v) is 5.00. The van der Waals surface area contributed by atoms with Gasteiger partial charge in [0, 0.05) is 0 Å². The number of nitrogens with two attached hydrogens (primary N) is 1. The van der Waals surface area contributed by atoms with Gasteiger partial charge in [-0.05, 0) is 24.5 Å². The van der Waals surface area contributed by atoms with Crippen molar-refractivity contribution in [2.24, 2.45) is 5.73 Å². The van der Waals surface area contributed by atoms with E-state index in [1.807, 2.05) is 0 Å². The number of methoxy groups -OCH3 is 1. The largest absolute Gasteiger partial charge is 0.493 e. The lowest BCUT2D eigenvalue weighted by atomic mass is 10.0. The van der Waals surface area contributed by atoms with Gasteiger partial charge in [-0.15, -0.1) is 0 Å². The van der Waals surface area contributed by atoms with Crippen LogP contribution in [0, 0.1) is 5.82 Å². The first kappa shape index (κ1) is 13.8. The van der Waals surface area contributed by atoms with Crippen LogP contribution >= 0.6 is 0 Å². The molecule has 0 aromatic heterocycles. The molecule has 0 saturated heterocycles. The smallest absolute Gasteiger partial charge is 0.403 e. The van der Waals surface area contributed by atoms with Crippen LogP contribution in [0.3, 0.4) is 0 Å². The Morgan fingerprint density at radius 1 is 1.35 bits per heavy atom. The quantitative estimate of drug-likeness (QED) is 0.835. The fourth-order valence-corrected chi connectivity index (χ4v) is 1.45. The van der Waals surface area contributed by atoms with Crippen molar-refractivity contribution < 1.29 is 22.3 Å². The zero-order valence-corrected chi connectivity index (χ0v) is 9.22. The van der Waals surface area contributed by atoms with Crippen molar-refractivity contribution in [3.05, 3.63) is 29.6 Å². The van der Waals surface area contributed by atoms with Crippen molar-refractivity contribution in [2.45, 2.75) is 25.1 Å². The van der Waals surface area contributed by atoms with E-state index >= 15 is 0 Å². The van der Waals surface area contributed by atoms with Crippen molar-refractivity contribution in [2.75, 3.05) is 7.11 Å². The number of alkyl halides is 3. The maximum Gasteiger partial charge on any atom is 0.403 e. The molecular formula is C11H13F4NO. The molecule has 0 aliphatic carbocycles. The van der Waals surface area contributed by atoms with Gasteiger partial charge in [-0.25, -0.2) is 4.39 Å². The maximum atomic E-state index is 13.2. The van der Waals surface area contributed by atoms with Crippen LogP contribution < -0.4 is 10.5 Å². The summed E-state index contributed by atoms with van der Waals surface area (Å²) in [6, 6.07) is 2.22. The molecular weight excluding hydrogens is 238 g/mol. The predicted octanol–water partition coefficient (Wildman–Crippen LogP) is 2.66. The van der Waals surface area contributed by atoms with E-state index in [-0.39, 0.29) is 18.6 Å². The Morgan fingerprint density at radius 3 is 2.53 bits per heavy atom. The van der Waals surface area contributed by atoms with E-state index in [1.165, 1.54) is 25.3 Å². The van der Waals surface area contributed by atoms with Crippen molar-refractivity contribution in [1.82, 2.24) is 0 Å². The Kier molecular flexibility index (Phi) is 4.34. The summed E-state index contributed by atoms with van der Waals surface area (Å²) in [6.07, 6.45) is -4.72. The molecule has 0 bridgehead atoms. The van der Waals surface area contributed by atoms with E-state index in [0.717, 1.165) is 0 Å². The van der Waals surface area contributed by atoms with Crippen LogP contribution in [0.1, 0.15) is 12.0 Å². The fourth-order valence-electron chi connectivity index (χ4n) is 1.45. The van der Waals surface area contributed by atoms with Gasteiger partial charge in [0.2, 0.25) is 0 Å². The summed E-state index contributed by atoms with van der Waals surface area (Å²) >= 11 is 0. The van der Waals surface area contributed by atoms with Gasteiger partial charge in [0.25, 0.3) is 0 Å². The molecule has 96 valence electrons. The highest BCUT2D eigenvalue weighted by molar-refractivity contribution is 5.35. The molecule has 1 atom stereocenters. The molecule has 1 aromatic carbocycles. The van der Waals surface area contributed by atoms with Gasteiger partial charge >= 0.3 is 6.18 Å². The molecule has 0 aliphatic heterocycles. The second kappa shape index (κ2) is 5.35. The Balaban J connectivity index is 2.73. The average Bonchev–Trinajstić information content (AvgIpc) is 2.24. The minimum absolute atomic E-state index is 0.0155. The van der Waals surface area contributed by atoms with Gasteiger partial charge in [-0.3, -0.25) is 0 Å². The highest BCUT2D eigenvalue weighted by Gasteiger charge is 2.36. The summed E-state index contributed by atoms with van der Waals surface area (Å²) in [5.41, 5.74) is 5.35. The predicted molar refractivity (Wildman–Crippen MR) is 55.3 cm³/mol. The Bertz CT molecular complexity index is 378. The van der Waals surface area contributed by atoms with Crippen LogP contribution in [0.25, 0.3) is 0 Å². The lowest BCUT2D eigenvalue weighted by Gasteiger charge is -2.16. The molecule has 1 rings (SSSR count). The van der Waals surface area contributed by atoms with Gasteiger partial charge in [-0.1, -0.05) is 12.1 Å². The molecule has 0 fully saturated rings. The van der Waals surface area contributed by atoms with Crippen molar-refractivity contribution in [3.63, 3.8) is 0 Å². The third-order valence-corrected chi connectivity index (χ3v) is 2.40. The lowest BCUT2D eigenvalue weighted by Crippen LogP contribution is -2.37. The van der Waals surface area contributed by atoms with E-state index in [0.29, 0.717) is 5.56 Å². The number of para-hydroxylation sites is 1. The monoisotopic (exact) mass is 251 g/mol. The zero-order valence-electron chi connectivity index (χ0n) is 9.22. The van der Waals surface area contributed by atoms with Crippen LogP contribution in [-0.2, 0) is 6.42 Å². The first-order chi connectivity index (χ1) is 7.86. The van der Waals surface area contributed by atoms with E-state index in [9.17, 15) is 17.6 Å². The highest BCUT2D eigenvalue weighted by atomic mass is 19.4. The zero-order chi connectivity index (χ0) is 13.1. The van der Waals surface area contributed by atoms with Crippen LogP contribution in [0.2, 0.25) is 0 Å². The summed E-state index contributed by atoms with van der Waals surface area (Å²) < 4.78 is 54.6. The van der Waals surface area contributed by atoms with Crippen LogP contribution in [0.15, 0.2) is 18.2 Å². The van der Waals surface area contributed by atoms with Crippen LogP contribution in [-0.4, -0.2) is 19.3 Å². The molecule has 0 radical (unpaired) electrons. The second-order valence-corrected chi connectivity index (χ2v) is 3.62. The molecule has 0 heterocycles. The number of ether oxygens (including phenoxy) is 1. The molecule has 2 N–H and O–H groups in total. The molecule has 0 amide bonds. The number of hydrogen-bond donors (Lipinski definition) is 1. The molecule has 1 unspecified atom stereocenters.